The lowest BCUT2D eigenvalue weighted by molar-refractivity contribution is -0.385. The van der Waals surface area contributed by atoms with Gasteiger partial charge in [-0.2, -0.15) is 0 Å². The number of primary amides is 1. The fourth-order valence-corrected chi connectivity index (χ4v) is 4.13. The first-order chi connectivity index (χ1) is 14.5. The highest BCUT2D eigenvalue weighted by Gasteiger charge is 2.32. The van der Waals surface area contributed by atoms with Crippen LogP contribution in [0.25, 0.3) is 5.69 Å². The van der Waals surface area contributed by atoms with Gasteiger partial charge in [0.05, 0.1) is 33.6 Å². The van der Waals surface area contributed by atoms with Crippen molar-refractivity contribution in [2.75, 3.05) is 0 Å². The van der Waals surface area contributed by atoms with Crippen molar-refractivity contribution in [1.29, 1.82) is 0 Å². The summed E-state index contributed by atoms with van der Waals surface area (Å²) in [6, 6.07) is 12.2. The highest BCUT2D eigenvalue weighted by Crippen LogP contribution is 2.42. The lowest BCUT2D eigenvalue weighted by atomic mass is 9.96. The van der Waals surface area contributed by atoms with Gasteiger partial charge in [-0.25, -0.2) is 4.98 Å². The van der Waals surface area contributed by atoms with Gasteiger partial charge in [0.2, 0.25) is 0 Å². The molecule has 8 nitrogen and oxygen atoms in total. The molecule has 5 rings (SSSR count). The Labute approximate surface area is 172 Å². The summed E-state index contributed by atoms with van der Waals surface area (Å²) in [7, 11) is 0. The number of hydrogen-bond donors (Lipinski definition) is 1. The highest BCUT2D eigenvalue weighted by molar-refractivity contribution is 6.17. The first kappa shape index (κ1) is 18.2. The molecule has 0 bridgehead atoms. The standard InChI is InChI=1S/C22H19N5O3/c1-12-21-20(22(23)28)24-11-26(21)17-9-8-14(13-6-7-13)10-16(17)19(25-12)15-4-2-3-5-18(15)27(29)30/h2-5,8-13H,6-7H2,1H3,(H2,23,28)/t12-/m1/s1. The van der Waals surface area contributed by atoms with Crippen LogP contribution >= 0.6 is 0 Å². The minimum Gasteiger partial charge on any atom is -0.364 e. The Morgan fingerprint density at radius 1 is 1.20 bits per heavy atom. The lowest BCUT2D eigenvalue weighted by Gasteiger charge is -2.14. The molecule has 2 aliphatic rings. The molecule has 1 amide bonds. The predicted molar refractivity (Wildman–Crippen MR) is 111 cm³/mol. The number of rotatable bonds is 4. The molecule has 2 heterocycles. The molecule has 0 spiro atoms. The van der Waals surface area contributed by atoms with Gasteiger partial charge in [-0.1, -0.05) is 18.2 Å². The van der Waals surface area contributed by atoms with Crippen molar-refractivity contribution in [3.05, 3.63) is 87.0 Å². The number of nitrogens with zero attached hydrogens (tertiary/aromatic N) is 4. The third kappa shape index (κ3) is 2.80. The molecule has 2 aromatic carbocycles. The number of benzene rings is 2. The zero-order chi connectivity index (χ0) is 21.0. The number of hydrogen-bond acceptors (Lipinski definition) is 5. The molecule has 30 heavy (non-hydrogen) atoms. The van der Waals surface area contributed by atoms with Crippen LogP contribution in [0.5, 0.6) is 0 Å². The van der Waals surface area contributed by atoms with Gasteiger partial charge in [0.15, 0.2) is 5.69 Å². The van der Waals surface area contributed by atoms with Gasteiger partial charge < -0.3 is 5.73 Å². The van der Waals surface area contributed by atoms with Crippen LogP contribution in [0.2, 0.25) is 0 Å². The van der Waals surface area contributed by atoms with E-state index in [1.165, 1.54) is 11.6 Å². The van der Waals surface area contributed by atoms with Crippen LogP contribution < -0.4 is 5.73 Å². The van der Waals surface area contributed by atoms with Crippen molar-refractivity contribution in [2.45, 2.75) is 31.7 Å². The molecule has 0 radical (unpaired) electrons. The number of imidazole rings is 1. The minimum atomic E-state index is -0.629. The summed E-state index contributed by atoms with van der Waals surface area (Å²) >= 11 is 0. The molecule has 1 saturated carbocycles. The number of nitrogens with two attached hydrogens (primary N) is 1. The number of amides is 1. The number of aromatic nitrogens is 2. The van der Waals surface area contributed by atoms with Crippen molar-refractivity contribution in [3.63, 3.8) is 0 Å². The molecule has 1 aliphatic heterocycles. The summed E-state index contributed by atoms with van der Waals surface area (Å²) in [6.07, 6.45) is 3.84. The van der Waals surface area contributed by atoms with Gasteiger partial charge in [-0.15, -0.1) is 0 Å². The molecule has 8 heteroatoms. The number of carbonyl (C=O) groups excluding carboxylic acids is 1. The van der Waals surface area contributed by atoms with E-state index in [1.54, 1.807) is 24.5 Å². The van der Waals surface area contributed by atoms with Crippen LogP contribution in [0.1, 0.15) is 64.6 Å². The zero-order valence-corrected chi connectivity index (χ0v) is 16.3. The largest absolute Gasteiger partial charge is 0.364 e. The van der Waals surface area contributed by atoms with Crippen LogP contribution in [0.4, 0.5) is 5.69 Å². The third-order valence-corrected chi connectivity index (χ3v) is 5.70. The number of para-hydroxylation sites is 1. The summed E-state index contributed by atoms with van der Waals surface area (Å²) in [5.41, 5.74) is 10.0. The number of aliphatic imine (C=N–C) groups is 1. The number of fused-ring (bicyclic) bond motifs is 3. The van der Waals surface area contributed by atoms with E-state index in [9.17, 15) is 14.9 Å². The van der Waals surface area contributed by atoms with E-state index in [0.717, 1.165) is 24.1 Å². The van der Waals surface area contributed by atoms with E-state index < -0.39 is 16.9 Å². The maximum Gasteiger partial charge on any atom is 0.278 e. The summed E-state index contributed by atoms with van der Waals surface area (Å²) in [6.45, 7) is 1.84. The average molecular weight is 401 g/mol. The number of nitro groups is 1. The van der Waals surface area contributed by atoms with Gasteiger partial charge >= 0.3 is 0 Å². The normalized spacial score (nSPS) is 17.5. The molecule has 1 aromatic heterocycles. The molecule has 1 fully saturated rings. The van der Waals surface area contributed by atoms with Crippen LogP contribution in [-0.2, 0) is 0 Å². The summed E-state index contributed by atoms with van der Waals surface area (Å²) in [5, 5.41) is 11.7. The van der Waals surface area contributed by atoms with Gasteiger partial charge in [0.25, 0.3) is 11.6 Å². The van der Waals surface area contributed by atoms with Crippen molar-refractivity contribution in [1.82, 2.24) is 9.55 Å². The van der Waals surface area contributed by atoms with E-state index in [0.29, 0.717) is 22.9 Å². The lowest BCUT2D eigenvalue weighted by Crippen LogP contribution is -2.15. The molecule has 0 unspecified atom stereocenters. The molecule has 2 N–H and O–H groups in total. The summed E-state index contributed by atoms with van der Waals surface area (Å²) in [4.78, 5) is 32.3. The van der Waals surface area contributed by atoms with E-state index in [1.807, 2.05) is 17.6 Å². The van der Waals surface area contributed by atoms with E-state index in [-0.39, 0.29) is 11.4 Å². The molecular weight excluding hydrogens is 382 g/mol. The number of nitro benzene ring substituents is 1. The second kappa shape index (κ2) is 6.62. The van der Waals surface area contributed by atoms with E-state index in [4.69, 9.17) is 10.7 Å². The Balaban J connectivity index is 1.82. The predicted octanol–water partition coefficient (Wildman–Crippen LogP) is 3.67. The van der Waals surface area contributed by atoms with Crippen LogP contribution in [-0.4, -0.2) is 26.1 Å². The average Bonchev–Trinajstić information content (AvgIpc) is 3.50. The van der Waals surface area contributed by atoms with E-state index >= 15 is 0 Å². The highest BCUT2D eigenvalue weighted by atomic mass is 16.6. The minimum absolute atomic E-state index is 0.00828. The van der Waals surface area contributed by atoms with Crippen LogP contribution in [0.3, 0.4) is 0 Å². The molecule has 150 valence electrons. The maximum absolute atomic E-state index is 12.0. The smallest absolute Gasteiger partial charge is 0.278 e. The van der Waals surface area contributed by atoms with Gasteiger partial charge in [-0.3, -0.25) is 24.5 Å². The monoisotopic (exact) mass is 401 g/mol. The molecule has 0 saturated heterocycles. The van der Waals surface area contributed by atoms with Crippen LogP contribution in [0, 0.1) is 10.1 Å². The third-order valence-electron chi connectivity index (χ3n) is 5.70. The topological polar surface area (TPSA) is 116 Å². The first-order valence-electron chi connectivity index (χ1n) is 9.79. The second-order valence-corrected chi connectivity index (χ2v) is 7.69. The van der Waals surface area contributed by atoms with Gasteiger partial charge in [0.1, 0.15) is 6.33 Å². The summed E-state index contributed by atoms with van der Waals surface area (Å²) < 4.78 is 1.82. The van der Waals surface area contributed by atoms with Gasteiger partial charge in [-0.05, 0) is 49.4 Å². The Morgan fingerprint density at radius 2 is 1.97 bits per heavy atom. The fraction of sp³-hybridized carbons (Fsp3) is 0.227. The Hall–Kier alpha value is -3.81. The molecule has 1 atom stereocenters. The fourth-order valence-electron chi connectivity index (χ4n) is 4.13. The van der Waals surface area contributed by atoms with Crippen molar-refractivity contribution in [2.24, 2.45) is 10.7 Å². The zero-order valence-electron chi connectivity index (χ0n) is 16.3. The maximum atomic E-state index is 12.0. The molecular formula is C22H19N5O3. The van der Waals surface area contributed by atoms with Crippen molar-refractivity contribution < 1.29 is 9.72 Å². The first-order valence-corrected chi connectivity index (χ1v) is 9.79. The van der Waals surface area contributed by atoms with Gasteiger partial charge in [0, 0.05) is 11.6 Å². The molecule has 3 aromatic rings. The quantitative estimate of drug-likeness (QED) is 0.530. The van der Waals surface area contributed by atoms with Crippen molar-refractivity contribution in [3.8, 4) is 5.69 Å². The van der Waals surface area contributed by atoms with E-state index in [2.05, 4.69) is 17.1 Å². The number of carbonyl (C=O) groups is 1. The Morgan fingerprint density at radius 3 is 2.67 bits per heavy atom. The SMILES string of the molecule is C[C@H]1N=C(c2ccccc2[N+](=O)[O-])c2cc(C3CC3)ccc2-n2cnc(C(N)=O)c21. The van der Waals surface area contributed by atoms with Crippen LogP contribution in [0.15, 0.2) is 53.8 Å². The molecule has 1 aliphatic carbocycles. The Kier molecular flexibility index (Phi) is 4.02. The van der Waals surface area contributed by atoms with Crippen molar-refractivity contribution >= 4 is 17.3 Å². The Bertz CT molecular complexity index is 1240. The second-order valence-electron chi connectivity index (χ2n) is 7.69. The summed E-state index contributed by atoms with van der Waals surface area (Å²) in [5.74, 6) is -0.123.